The number of Topliss-reactive ketones (excluding diaryl/α,β-unsaturated/α-hetero) is 1. The number of aromatic nitrogens is 3. The molecule has 0 aliphatic heterocycles. The van der Waals surface area contributed by atoms with Crippen LogP contribution in [-0.2, 0) is 4.74 Å². The monoisotopic (exact) mass is 310 g/mol. The number of halogens is 1. The number of pyridine rings is 1. The predicted molar refractivity (Wildman–Crippen MR) is 77.5 cm³/mol. The van der Waals surface area contributed by atoms with Crippen molar-refractivity contribution in [2.45, 2.75) is 19.9 Å². The van der Waals surface area contributed by atoms with Crippen molar-refractivity contribution in [1.82, 2.24) is 15.1 Å². The van der Waals surface area contributed by atoms with E-state index in [4.69, 9.17) is 20.9 Å². The predicted octanol–water partition coefficient (Wildman–Crippen LogP) is 2.43. The summed E-state index contributed by atoms with van der Waals surface area (Å²) in [5, 5.41) is 7.21. The zero-order chi connectivity index (χ0) is 15.4. The van der Waals surface area contributed by atoms with E-state index < -0.39 is 0 Å². The Balaban J connectivity index is 2.35. The van der Waals surface area contributed by atoms with Gasteiger partial charge in [-0.2, -0.15) is 4.98 Å². The van der Waals surface area contributed by atoms with Gasteiger partial charge in [0, 0.05) is 19.3 Å². The molecule has 0 aromatic carbocycles. The normalized spacial score (nSPS) is 10.9. The molecule has 21 heavy (non-hydrogen) atoms. The Morgan fingerprint density at radius 3 is 2.95 bits per heavy atom. The molecule has 0 bridgehead atoms. The number of methoxy groups -OCH3 is 1. The third kappa shape index (κ3) is 3.77. The topological polar surface area (TPSA) is 90.1 Å². The number of nitrogens with one attached hydrogen (secondary N) is 1. The van der Waals surface area contributed by atoms with Gasteiger partial charge in [-0.1, -0.05) is 16.8 Å². The van der Waals surface area contributed by atoms with E-state index in [1.165, 1.54) is 13.3 Å². The van der Waals surface area contributed by atoms with Crippen molar-refractivity contribution in [2.24, 2.45) is 0 Å². The largest absolute Gasteiger partial charge is 0.382 e. The highest BCUT2D eigenvalue weighted by Gasteiger charge is 2.18. The lowest BCUT2D eigenvalue weighted by Gasteiger charge is -2.12. The van der Waals surface area contributed by atoms with Gasteiger partial charge in [-0.15, -0.1) is 0 Å². The molecule has 8 heteroatoms. The maximum Gasteiger partial charge on any atom is 0.262 e. The van der Waals surface area contributed by atoms with Gasteiger partial charge in [0.05, 0.1) is 11.3 Å². The molecular weight excluding hydrogens is 296 g/mol. The lowest BCUT2D eigenvalue weighted by atomic mass is 10.2. The van der Waals surface area contributed by atoms with Crippen LogP contribution in [0.3, 0.4) is 0 Å². The second-order valence-corrected chi connectivity index (χ2v) is 5.02. The second kappa shape index (κ2) is 6.64. The minimum Gasteiger partial charge on any atom is -0.382 e. The van der Waals surface area contributed by atoms with E-state index in [9.17, 15) is 4.79 Å². The summed E-state index contributed by atoms with van der Waals surface area (Å²) >= 11 is 5.90. The van der Waals surface area contributed by atoms with E-state index in [0.717, 1.165) is 0 Å². The smallest absolute Gasteiger partial charge is 0.262 e. The highest BCUT2D eigenvalue weighted by molar-refractivity contribution is 6.29. The fraction of sp³-hybridized carbons (Fsp3) is 0.385. The molecule has 0 saturated heterocycles. The van der Waals surface area contributed by atoms with Crippen LogP contribution in [0.2, 0.25) is 5.15 Å². The van der Waals surface area contributed by atoms with E-state index in [1.54, 1.807) is 6.07 Å². The first kappa shape index (κ1) is 15.4. The van der Waals surface area contributed by atoms with Crippen LogP contribution in [0.5, 0.6) is 0 Å². The molecule has 0 radical (unpaired) electrons. The number of hydrogen-bond acceptors (Lipinski definition) is 7. The van der Waals surface area contributed by atoms with Crippen LogP contribution in [0.1, 0.15) is 24.5 Å². The Hall–Kier alpha value is -1.99. The van der Waals surface area contributed by atoms with Crippen molar-refractivity contribution in [2.75, 3.05) is 19.0 Å². The Labute approximate surface area is 126 Å². The second-order valence-electron chi connectivity index (χ2n) is 4.63. The quantitative estimate of drug-likeness (QED) is 0.647. The average Bonchev–Trinajstić information content (AvgIpc) is 2.88. The third-order valence-corrected chi connectivity index (χ3v) is 2.70. The summed E-state index contributed by atoms with van der Waals surface area (Å²) in [6.07, 6.45) is 1.52. The fourth-order valence-electron chi connectivity index (χ4n) is 1.67. The van der Waals surface area contributed by atoms with E-state index in [-0.39, 0.29) is 30.1 Å². The molecule has 2 heterocycles. The maximum absolute atomic E-state index is 11.6. The fourth-order valence-corrected chi connectivity index (χ4v) is 1.83. The van der Waals surface area contributed by atoms with Crippen molar-refractivity contribution in [3.05, 3.63) is 23.2 Å². The molecule has 0 fully saturated rings. The highest BCUT2D eigenvalue weighted by Crippen LogP contribution is 2.28. The van der Waals surface area contributed by atoms with Crippen LogP contribution in [0.4, 0.5) is 5.69 Å². The Kier molecular flexibility index (Phi) is 4.87. The number of rotatable bonds is 6. The van der Waals surface area contributed by atoms with Crippen molar-refractivity contribution >= 4 is 23.1 Å². The maximum atomic E-state index is 11.6. The number of carbonyl (C=O) groups excluding carboxylic acids is 1. The van der Waals surface area contributed by atoms with Gasteiger partial charge >= 0.3 is 0 Å². The van der Waals surface area contributed by atoms with Crippen molar-refractivity contribution in [3.63, 3.8) is 0 Å². The number of anilines is 1. The lowest BCUT2D eigenvalue weighted by molar-refractivity contribution is 0.0834. The van der Waals surface area contributed by atoms with Gasteiger partial charge in [-0.3, -0.25) is 4.79 Å². The van der Waals surface area contributed by atoms with E-state index in [2.05, 4.69) is 20.4 Å². The van der Waals surface area contributed by atoms with Crippen LogP contribution in [-0.4, -0.2) is 40.7 Å². The van der Waals surface area contributed by atoms with E-state index >= 15 is 0 Å². The van der Waals surface area contributed by atoms with Gasteiger partial charge in [-0.25, -0.2) is 4.98 Å². The number of hydrogen-bond donors (Lipinski definition) is 1. The molecule has 2 rings (SSSR count). The van der Waals surface area contributed by atoms with Crippen LogP contribution < -0.4 is 5.32 Å². The summed E-state index contributed by atoms with van der Waals surface area (Å²) in [7, 11) is 1.42. The van der Waals surface area contributed by atoms with Crippen molar-refractivity contribution < 1.29 is 14.1 Å². The summed E-state index contributed by atoms with van der Waals surface area (Å²) in [6, 6.07) is 1.84. The molecular formula is C13H15ClN4O3. The average molecular weight is 311 g/mol. The summed E-state index contributed by atoms with van der Waals surface area (Å²) in [6.45, 7) is 3.87. The molecule has 7 nitrogen and oxygen atoms in total. The van der Waals surface area contributed by atoms with Crippen molar-refractivity contribution in [3.8, 4) is 11.5 Å². The summed E-state index contributed by atoms with van der Waals surface area (Å²) in [4.78, 5) is 19.7. The molecule has 0 aliphatic carbocycles. The first-order valence-corrected chi connectivity index (χ1v) is 6.67. The zero-order valence-electron chi connectivity index (χ0n) is 11.9. The van der Waals surface area contributed by atoms with E-state index in [0.29, 0.717) is 16.4 Å². The minimum atomic E-state index is -0.354. The molecule has 0 aliphatic rings. The molecule has 2 aromatic rings. The van der Waals surface area contributed by atoms with Crippen LogP contribution >= 0.6 is 11.6 Å². The van der Waals surface area contributed by atoms with Gasteiger partial charge in [0.25, 0.3) is 5.89 Å². The van der Waals surface area contributed by atoms with Gasteiger partial charge < -0.3 is 14.6 Å². The summed E-state index contributed by atoms with van der Waals surface area (Å²) in [5.41, 5.74) is 1.29. The Morgan fingerprint density at radius 2 is 2.29 bits per heavy atom. The van der Waals surface area contributed by atoms with Crippen LogP contribution in [0.15, 0.2) is 16.8 Å². The molecule has 0 spiro atoms. The van der Waals surface area contributed by atoms with E-state index in [1.807, 2.05) is 13.8 Å². The van der Waals surface area contributed by atoms with Crippen LogP contribution in [0.25, 0.3) is 11.5 Å². The SMILES string of the molecule is COCC(=O)c1noc(-c2cnc(Cl)cc2NC(C)C)n1. The Bertz CT molecular complexity index is 642. The minimum absolute atomic E-state index is 0.0303. The standard InChI is InChI=1S/C13H15ClN4O3/c1-7(2)16-9-4-11(14)15-5-8(9)13-17-12(18-21-13)10(19)6-20-3/h4-5,7H,6H2,1-3H3,(H,15,16). The summed E-state index contributed by atoms with van der Waals surface area (Å²) in [5.74, 6) is -0.188. The summed E-state index contributed by atoms with van der Waals surface area (Å²) < 4.78 is 9.87. The molecule has 1 N–H and O–H groups in total. The van der Waals surface area contributed by atoms with Gasteiger partial charge in [0.1, 0.15) is 11.8 Å². The molecule has 0 saturated carbocycles. The number of nitrogens with zero attached hydrogens (tertiary/aromatic N) is 3. The first-order valence-electron chi connectivity index (χ1n) is 6.29. The van der Waals surface area contributed by atoms with Gasteiger partial charge in [0.2, 0.25) is 11.6 Å². The molecule has 0 unspecified atom stereocenters. The number of carbonyl (C=O) groups is 1. The highest BCUT2D eigenvalue weighted by atomic mass is 35.5. The lowest BCUT2D eigenvalue weighted by Crippen LogP contribution is -2.11. The first-order chi connectivity index (χ1) is 10.0. The van der Waals surface area contributed by atoms with Gasteiger partial charge in [0.15, 0.2) is 0 Å². The Morgan fingerprint density at radius 1 is 1.52 bits per heavy atom. The molecule has 0 amide bonds. The molecule has 0 atom stereocenters. The van der Waals surface area contributed by atoms with Crippen molar-refractivity contribution in [1.29, 1.82) is 0 Å². The third-order valence-electron chi connectivity index (χ3n) is 2.50. The zero-order valence-corrected chi connectivity index (χ0v) is 12.6. The number of ketones is 1. The molecule has 112 valence electrons. The van der Waals surface area contributed by atoms with Crippen LogP contribution in [0, 0.1) is 0 Å². The number of ether oxygens (including phenoxy) is 1. The van der Waals surface area contributed by atoms with Gasteiger partial charge in [-0.05, 0) is 19.9 Å². The molecule has 2 aromatic heterocycles.